The van der Waals surface area contributed by atoms with Crippen molar-refractivity contribution < 1.29 is 5.11 Å². The van der Waals surface area contributed by atoms with E-state index in [1.807, 2.05) is 31.2 Å². The molecule has 0 unspecified atom stereocenters. The van der Waals surface area contributed by atoms with Gasteiger partial charge in [0.05, 0.1) is 18.8 Å². The Balaban J connectivity index is 2.27. The highest BCUT2D eigenvalue weighted by Crippen LogP contribution is 2.17. The molecule has 1 aromatic carbocycles. The van der Waals surface area contributed by atoms with E-state index < -0.39 is 0 Å². The Labute approximate surface area is 102 Å². The second-order valence-electron chi connectivity index (χ2n) is 3.53. The molecule has 1 aromatic heterocycles. The summed E-state index contributed by atoms with van der Waals surface area (Å²) >= 11 is 3.49. The quantitative estimate of drug-likeness (QED) is 0.935. The molecule has 16 heavy (non-hydrogen) atoms. The molecule has 0 radical (unpaired) electrons. The van der Waals surface area contributed by atoms with Crippen LogP contribution in [0.15, 0.2) is 28.7 Å². The van der Waals surface area contributed by atoms with Gasteiger partial charge in [-0.3, -0.25) is 0 Å². The zero-order valence-corrected chi connectivity index (χ0v) is 10.5. The van der Waals surface area contributed by atoms with E-state index in [4.69, 9.17) is 5.11 Å². The number of halogens is 1. The Morgan fingerprint density at radius 2 is 2.12 bits per heavy atom. The molecular formula is C11H12BrN3O. The van der Waals surface area contributed by atoms with Crippen LogP contribution >= 0.6 is 15.9 Å². The van der Waals surface area contributed by atoms with Crippen LogP contribution in [0.4, 0.5) is 0 Å². The molecule has 84 valence electrons. The van der Waals surface area contributed by atoms with Gasteiger partial charge in [-0.1, -0.05) is 39.3 Å². The SMILES string of the molecule is Cc1c(CO)nnn1Cc1ccccc1Br. The summed E-state index contributed by atoms with van der Waals surface area (Å²) in [5, 5.41) is 16.9. The van der Waals surface area contributed by atoms with Crippen LogP contribution in [-0.2, 0) is 13.2 Å². The molecule has 0 saturated carbocycles. The Kier molecular flexibility index (Phi) is 3.36. The zero-order valence-electron chi connectivity index (χ0n) is 8.89. The summed E-state index contributed by atoms with van der Waals surface area (Å²) in [5.74, 6) is 0. The summed E-state index contributed by atoms with van der Waals surface area (Å²) in [6, 6.07) is 7.98. The molecule has 0 atom stereocenters. The first-order chi connectivity index (χ1) is 7.72. The van der Waals surface area contributed by atoms with Crippen LogP contribution in [-0.4, -0.2) is 20.1 Å². The number of hydrogen-bond donors (Lipinski definition) is 1. The highest BCUT2D eigenvalue weighted by atomic mass is 79.9. The maximum absolute atomic E-state index is 9.03. The molecule has 4 nitrogen and oxygen atoms in total. The van der Waals surface area contributed by atoms with Gasteiger partial charge in [0, 0.05) is 4.47 Å². The van der Waals surface area contributed by atoms with Crippen LogP contribution in [0, 0.1) is 6.92 Å². The molecular weight excluding hydrogens is 270 g/mol. The molecule has 0 aliphatic carbocycles. The lowest BCUT2D eigenvalue weighted by molar-refractivity contribution is 0.276. The fraction of sp³-hybridized carbons (Fsp3) is 0.273. The van der Waals surface area contributed by atoms with Crippen molar-refractivity contribution in [3.05, 3.63) is 45.7 Å². The summed E-state index contributed by atoms with van der Waals surface area (Å²) in [6.45, 7) is 2.49. The standard InChI is InChI=1S/C11H12BrN3O/c1-8-11(7-16)13-14-15(8)6-9-4-2-3-5-10(9)12/h2-5,16H,6-7H2,1H3. The van der Waals surface area contributed by atoms with E-state index >= 15 is 0 Å². The van der Waals surface area contributed by atoms with Gasteiger partial charge in [0.25, 0.3) is 0 Å². The highest BCUT2D eigenvalue weighted by molar-refractivity contribution is 9.10. The third-order valence-corrected chi connectivity index (χ3v) is 3.28. The van der Waals surface area contributed by atoms with Crippen LogP contribution in [0.25, 0.3) is 0 Å². The molecule has 0 saturated heterocycles. The predicted octanol–water partition coefficient (Wildman–Crippen LogP) is 1.89. The Morgan fingerprint density at radius 1 is 1.38 bits per heavy atom. The first-order valence-corrected chi connectivity index (χ1v) is 5.75. The minimum atomic E-state index is -0.0677. The van der Waals surface area contributed by atoms with Crippen LogP contribution in [0.1, 0.15) is 17.0 Å². The summed E-state index contributed by atoms with van der Waals surface area (Å²) in [4.78, 5) is 0. The van der Waals surface area contributed by atoms with Crippen molar-refractivity contribution in [2.75, 3.05) is 0 Å². The number of benzene rings is 1. The lowest BCUT2D eigenvalue weighted by Gasteiger charge is -2.05. The molecule has 2 rings (SSSR count). The third kappa shape index (κ3) is 2.15. The van der Waals surface area contributed by atoms with Gasteiger partial charge in [-0.15, -0.1) is 5.10 Å². The van der Waals surface area contributed by atoms with Crippen LogP contribution in [0.5, 0.6) is 0 Å². The second kappa shape index (κ2) is 4.76. The molecule has 0 amide bonds. The van der Waals surface area contributed by atoms with Gasteiger partial charge in [-0.25, -0.2) is 4.68 Å². The lowest BCUT2D eigenvalue weighted by Crippen LogP contribution is -2.04. The lowest BCUT2D eigenvalue weighted by atomic mass is 10.2. The van der Waals surface area contributed by atoms with Gasteiger partial charge >= 0.3 is 0 Å². The van der Waals surface area contributed by atoms with Crippen molar-refractivity contribution in [1.29, 1.82) is 0 Å². The molecule has 1 heterocycles. The van der Waals surface area contributed by atoms with E-state index in [9.17, 15) is 0 Å². The predicted molar refractivity (Wildman–Crippen MR) is 63.9 cm³/mol. The highest BCUT2D eigenvalue weighted by Gasteiger charge is 2.08. The molecule has 0 aliphatic rings. The maximum atomic E-state index is 9.03. The average Bonchev–Trinajstić information content (AvgIpc) is 2.63. The summed E-state index contributed by atoms with van der Waals surface area (Å²) in [6.07, 6.45) is 0. The summed E-state index contributed by atoms with van der Waals surface area (Å²) in [7, 11) is 0. The van der Waals surface area contributed by atoms with E-state index in [-0.39, 0.29) is 6.61 Å². The van der Waals surface area contributed by atoms with Gasteiger partial charge in [0.15, 0.2) is 0 Å². The summed E-state index contributed by atoms with van der Waals surface area (Å²) in [5.41, 5.74) is 2.67. The average molecular weight is 282 g/mol. The number of rotatable bonds is 3. The molecule has 1 N–H and O–H groups in total. The van der Waals surface area contributed by atoms with Crippen molar-refractivity contribution in [3.63, 3.8) is 0 Å². The van der Waals surface area contributed by atoms with Crippen LogP contribution < -0.4 is 0 Å². The van der Waals surface area contributed by atoms with Crippen molar-refractivity contribution >= 4 is 15.9 Å². The first-order valence-electron chi connectivity index (χ1n) is 4.95. The molecule has 0 fully saturated rings. The fourth-order valence-electron chi connectivity index (χ4n) is 1.48. The Hall–Kier alpha value is -1.20. The first kappa shape index (κ1) is 11.3. The van der Waals surface area contributed by atoms with Gasteiger partial charge < -0.3 is 5.11 Å². The van der Waals surface area contributed by atoms with Crippen LogP contribution in [0.3, 0.4) is 0 Å². The van der Waals surface area contributed by atoms with E-state index in [2.05, 4.69) is 26.2 Å². The van der Waals surface area contributed by atoms with E-state index in [0.29, 0.717) is 12.2 Å². The normalized spacial score (nSPS) is 10.7. The number of aromatic nitrogens is 3. The Morgan fingerprint density at radius 3 is 2.75 bits per heavy atom. The molecule has 2 aromatic rings. The number of aliphatic hydroxyl groups excluding tert-OH is 1. The minimum Gasteiger partial charge on any atom is -0.390 e. The van der Waals surface area contributed by atoms with E-state index in [0.717, 1.165) is 15.7 Å². The number of aliphatic hydroxyl groups is 1. The van der Waals surface area contributed by atoms with Gasteiger partial charge in [-0.2, -0.15) is 0 Å². The van der Waals surface area contributed by atoms with E-state index in [1.54, 1.807) is 4.68 Å². The minimum absolute atomic E-state index is 0.0677. The molecule has 0 bridgehead atoms. The zero-order chi connectivity index (χ0) is 11.5. The monoisotopic (exact) mass is 281 g/mol. The summed E-state index contributed by atoms with van der Waals surface area (Å²) < 4.78 is 2.83. The Bertz CT molecular complexity index is 496. The van der Waals surface area contributed by atoms with E-state index in [1.165, 1.54) is 0 Å². The van der Waals surface area contributed by atoms with Crippen molar-refractivity contribution in [2.45, 2.75) is 20.1 Å². The maximum Gasteiger partial charge on any atom is 0.111 e. The molecule has 0 aliphatic heterocycles. The number of nitrogens with zero attached hydrogens (tertiary/aromatic N) is 3. The third-order valence-electron chi connectivity index (χ3n) is 2.51. The topological polar surface area (TPSA) is 50.9 Å². The van der Waals surface area contributed by atoms with Gasteiger partial charge in [0.1, 0.15) is 5.69 Å². The van der Waals surface area contributed by atoms with Crippen molar-refractivity contribution in [3.8, 4) is 0 Å². The smallest absolute Gasteiger partial charge is 0.111 e. The molecule has 0 spiro atoms. The van der Waals surface area contributed by atoms with Gasteiger partial charge in [0.2, 0.25) is 0 Å². The number of hydrogen-bond acceptors (Lipinski definition) is 3. The molecule has 5 heteroatoms. The van der Waals surface area contributed by atoms with Gasteiger partial charge in [-0.05, 0) is 18.6 Å². The van der Waals surface area contributed by atoms with Crippen molar-refractivity contribution in [2.24, 2.45) is 0 Å². The van der Waals surface area contributed by atoms with Crippen LogP contribution in [0.2, 0.25) is 0 Å². The van der Waals surface area contributed by atoms with Crippen molar-refractivity contribution in [1.82, 2.24) is 15.0 Å². The second-order valence-corrected chi connectivity index (χ2v) is 4.38. The largest absolute Gasteiger partial charge is 0.390 e. The fourth-order valence-corrected chi connectivity index (χ4v) is 1.89.